The molecule has 0 aliphatic heterocycles. The molecule has 0 amide bonds. The summed E-state index contributed by atoms with van der Waals surface area (Å²) in [5.41, 5.74) is -0.501. The van der Waals surface area contributed by atoms with E-state index in [9.17, 15) is 16.8 Å². The first-order valence-corrected chi connectivity index (χ1v) is 12.2. The van der Waals surface area contributed by atoms with Crippen molar-refractivity contribution in [3.05, 3.63) is 0 Å². The van der Waals surface area contributed by atoms with Crippen LogP contribution in [0.3, 0.4) is 0 Å². The minimum atomic E-state index is -3.42. The molecule has 0 aromatic carbocycles. The van der Waals surface area contributed by atoms with E-state index in [0.717, 1.165) is 0 Å². The van der Waals surface area contributed by atoms with Crippen LogP contribution >= 0.6 is 0 Å². The van der Waals surface area contributed by atoms with Gasteiger partial charge in [0.2, 0.25) is 20.0 Å². The lowest BCUT2D eigenvalue weighted by Gasteiger charge is -2.32. The van der Waals surface area contributed by atoms with Crippen LogP contribution in [0, 0.1) is 11.8 Å². The summed E-state index contributed by atoms with van der Waals surface area (Å²) >= 11 is 0. The molecule has 0 bridgehead atoms. The number of hydrogen-bond donors (Lipinski definition) is 2. The third-order valence-electron chi connectivity index (χ3n) is 5.23. The van der Waals surface area contributed by atoms with Crippen molar-refractivity contribution in [3.63, 3.8) is 0 Å². The van der Waals surface area contributed by atoms with Gasteiger partial charge in [-0.15, -0.1) is 0 Å². The average molecular weight is 399 g/mol. The summed E-state index contributed by atoms with van der Waals surface area (Å²) in [4.78, 5) is 0. The van der Waals surface area contributed by atoms with E-state index >= 15 is 0 Å². The molecule has 2 N–H and O–H groups in total. The highest BCUT2D eigenvalue weighted by Crippen LogP contribution is 2.21. The molecule has 25 heavy (non-hydrogen) atoms. The number of hydrogen-bond acceptors (Lipinski definition) is 4. The van der Waals surface area contributed by atoms with Crippen LogP contribution in [0.4, 0.5) is 0 Å². The fourth-order valence-electron chi connectivity index (χ4n) is 2.00. The molecule has 0 aromatic heterocycles. The van der Waals surface area contributed by atoms with Crippen molar-refractivity contribution in [2.75, 3.05) is 0 Å². The van der Waals surface area contributed by atoms with Crippen LogP contribution < -0.4 is 9.44 Å². The van der Waals surface area contributed by atoms with Gasteiger partial charge in [-0.2, -0.15) is 0 Å². The van der Waals surface area contributed by atoms with Gasteiger partial charge in [0.15, 0.2) is 0 Å². The Labute approximate surface area is 155 Å². The molecule has 0 aliphatic rings. The van der Waals surface area contributed by atoms with Crippen LogP contribution in [0.2, 0.25) is 0 Å². The van der Waals surface area contributed by atoms with E-state index in [2.05, 4.69) is 9.44 Å². The lowest BCUT2D eigenvalue weighted by Crippen LogP contribution is -2.50. The monoisotopic (exact) mass is 398 g/mol. The number of rotatable bonds is 11. The number of nitrogens with one attached hydrogen (secondary N) is 2. The highest BCUT2D eigenvalue weighted by atomic mass is 32.2. The largest absolute Gasteiger partial charge is 0.214 e. The SMILES string of the molecule is CC(CCC(C)S(=O)(=O)NC(C)(C)C(C)C)[C@@H](C)NS(=O)(=O)C(C)C. The Hall–Kier alpha value is -0.180. The maximum absolute atomic E-state index is 12.5. The first-order chi connectivity index (χ1) is 11.0. The predicted molar refractivity (Wildman–Crippen MR) is 105 cm³/mol. The van der Waals surface area contributed by atoms with Gasteiger partial charge in [0.25, 0.3) is 0 Å². The summed E-state index contributed by atoms with van der Waals surface area (Å²) in [6, 6.07) is -0.234. The van der Waals surface area contributed by atoms with Gasteiger partial charge >= 0.3 is 0 Å². The molecule has 0 fully saturated rings. The molecule has 0 spiro atoms. The maximum atomic E-state index is 12.5. The molecule has 0 saturated heterocycles. The standard InChI is InChI=1S/C17H38N2O4S2/c1-12(2)17(8,9)19-25(22,23)15(6)11-10-14(5)16(7)18-24(20,21)13(3)4/h12-16,18-19H,10-11H2,1-9H3/t14?,15?,16-/m1/s1. The summed E-state index contributed by atoms with van der Waals surface area (Å²) in [7, 11) is -6.75. The fraction of sp³-hybridized carbons (Fsp3) is 1.00. The Morgan fingerprint density at radius 2 is 1.28 bits per heavy atom. The molecular weight excluding hydrogens is 360 g/mol. The summed E-state index contributed by atoms with van der Waals surface area (Å²) < 4.78 is 54.4. The lowest BCUT2D eigenvalue weighted by atomic mass is 9.92. The van der Waals surface area contributed by atoms with E-state index in [1.807, 2.05) is 41.5 Å². The van der Waals surface area contributed by atoms with E-state index in [4.69, 9.17) is 0 Å². The minimum Gasteiger partial charge on any atom is -0.212 e. The van der Waals surface area contributed by atoms with Gasteiger partial charge in [0.05, 0.1) is 10.5 Å². The summed E-state index contributed by atoms with van der Waals surface area (Å²) in [5.74, 6) is 0.225. The summed E-state index contributed by atoms with van der Waals surface area (Å²) in [6.07, 6.45) is 1.12. The van der Waals surface area contributed by atoms with Crippen LogP contribution in [-0.2, 0) is 20.0 Å². The van der Waals surface area contributed by atoms with Crippen molar-refractivity contribution in [1.82, 2.24) is 9.44 Å². The maximum Gasteiger partial charge on any atom is 0.214 e. The van der Waals surface area contributed by atoms with Gasteiger partial charge in [-0.1, -0.05) is 20.8 Å². The first-order valence-electron chi connectivity index (χ1n) is 9.06. The summed E-state index contributed by atoms with van der Waals surface area (Å²) in [5, 5.41) is -1.01. The third kappa shape index (κ3) is 7.93. The Kier molecular flexibility index (Phi) is 9.08. The Balaban J connectivity index is 4.75. The second kappa shape index (κ2) is 9.15. The third-order valence-corrected chi connectivity index (χ3v) is 9.28. The second-order valence-electron chi connectivity index (χ2n) is 8.39. The highest BCUT2D eigenvalue weighted by Gasteiger charge is 2.32. The van der Waals surface area contributed by atoms with Crippen LogP contribution in [0.5, 0.6) is 0 Å². The molecule has 0 rings (SSSR count). The molecule has 0 radical (unpaired) electrons. The molecule has 0 saturated carbocycles. The molecule has 0 heterocycles. The van der Waals surface area contributed by atoms with Crippen molar-refractivity contribution in [2.45, 2.75) is 97.2 Å². The van der Waals surface area contributed by atoms with Crippen LogP contribution in [0.25, 0.3) is 0 Å². The molecule has 152 valence electrons. The smallest absolute Gasteiger partial charge is 0.212 e. The normalized spacial score (nSPS) is 17.7. The Morgan fingerprint density at radius 1 is 0.800 bits per heavy atom. The second-order valence-corrected chi connectivity index (χ2v) is 12.8. The molecule has 0 aliphatic carbocycles. The van der Waals surface area contributed by atoms with Crippen molar-refractivity contribution >= 4 is 20.0 Å². The molecule has 3 atom stereocenters. The topological polar surface area (TPSA) is 92.3 Å². The van der Waals surface area contributed by atoms with E-state index in [1.54, 1.807) is 20.8 Å². The van der Waals surface area contributed by atoms with Crippen LogP contribution in [0.1, 0.15) is 75.2 Å². The number of sulfonamides is 2. The molecule has 8 heteroatoms. The summed E-state index contributed by atoms with van der Waals surface area (Å²) in [6.45, 7) is 16.5. The van der Waals surface area contributed by atoms with E-state index in [1.165, 1.54) is 0 Å². The first kappa shape index (κ1) is 24.8. The van der Waals surface area contributed by atoms with Gasteiger partial charge in [-0.05, 0) is 66.2 Å². The molecule has 6 nitrogen and oxygen atoms in total. The zero-order valence-corrected chi connectivity index (χ0v) is 18.9. The Bertz CT molecular complexity index is 611. The Morgan fingerprint density at radius 3 is 1.68 bits per heavy atom. The van der Waals surface area contributed by atoms with Crippen molar-refractivity contribution in [3.8, 4) is 0 Å². The van der Waals surface area contributed by atoms with E-state index in [-0.39, 0.29) is 17.9 Å². The van der Waals surface area contributed by atoms with Gasteiger partial charge in [0, 0.05) is 11.6 Å². The van der Waals surface area contributed by atoms with Crippen LogP contribution in [0.15, 0.2) is 0 Å². The lowest BCUT2D eigenvalue weighted by molar-refractivity contribution is 0.333. The van der Waals surface area contributed by atoms with Gasteiger partial charge in [-0.3, -0.25) is 0 Å². The van der Waals surface area contributed by atoms with E-state index < -0.39 is 36.1 Å². The average Bonchev–Trinajstić information content (AvgIpc) is 2.42. The quantitative estimate of drug-likeness (QED) is 0.560. The zero-order chi connectivity index (χ0) is 20.2. The van der Waals surface area contributed by atoms with E-state index in [0.29, 0.717) is 12.8 Å². The molecule has 0 aromatic rings. The molecular formula is C17H38N2O4S2. The highest BCUT2D eigenvalue weighted by molar-refractivity contribution is 7.90. The molecule has 2 unspecified atom stereocenters. The van der Waals surface area contributed by atoms with Crippen molar-refractivity contribution < 1.29 is 16.8 Å². The van der Waals surface area contributed by atoms with Crippen LogP contribution in [-0.4, -0.2) is 38.9 Å². The predicted octanol–water partition coefficient (Wildman–Crippen LogP) is 2.86. The van der Waals surface area contributed by atoms with Gasteiger partial charge in [0.1, 0.15) is 0 Å². The zero-order valence-electron chi connectivity index (χ0n) is 17.3. The van der Waals surface area contributed by atoms with Gasteiger partial charge < -0.3 is 0 Å². The minimum absolute atomic E-state index is 0.0456. The fourth-order valence-corrected chi connectivity index (χ4v) is 4.64. The van der Waals surface area contributed by atoms with Crippen molar-refractivity contribution in [2.24, 2.45) is 11.8 Å². The van der Waals surface area contributed by atoms with Crippen molar-refractivity contribution in [1.29, 1.82) is 0 Å². The van der Waals surface area contributed by atoms with Gasteiger partial charge in [-0.25, -0.2) is 26.3 Å².